The van der Waals surface area contributed by atoms with E-state index in [0.29, 0.717) is 6.42 Å². The first kappa shape index (κ1) is 17.1. The fraction of sp³-hybridized carbons (Fsp3) is 0.182. The predicted molar refractivity (Wildman–Crippen MR) is 99.7 cm³/mol. The van der Waals surface area contributed by atoms with Gasteiger partial charge in [0.2, 0.25) is 0 Å². The molecule has 3 N–H and O–H groups in total. The maximum atomic E-state index is 9.64. The Balaban J connectivity index is 2.12. The Hall–Kier alpha value is -2.78. The third-order valence-corrected chi connectivity index (χ3v) is 4.44. The molecule has 2 aromatic carbocycles. The minimum atomic E-state index is -0.00449. The van der Waals surface area contributed by atoms with E-state index >= 15 is 0 Å². The van der Waals surface area contributed by atoms with E-state index in [4.69, 9.17) is 0 Å². The summed E-state index contributed by atoms with van der Waals surface area (Å²) in [4.78, 5) is 0. The van der Waals surface area contributed by atoms with Gasteiger partial charge in [-0.2, -0.15) is 0 Å². The molecular weight excluding hydrogens is 312 g/mol. The van der Waals surface area contributed by atoms with Crippen LogP contribution in [0.25, 0.3) is 0 Å². The topological polar surface area (TPSA) is 60.7 Å². The molecule has 3 rings (SSSR count). The molecule has 0 radical (unpaired) electrons. The highest BCUT2D eigenvalue weighted by Gasteiger charge is 2.21. The predicted octanol–water partition coefficient (Wildman–Crippen LogP) is 4.42. The van der Waals surface area contributed by atoms with Crippen molar-refractivity contribution in [2.24, 2.45) is 0 Å². The molecule has 0 fully saturated rings. The molecular formula is C22H22O3. The molecule has 1 aliphatic carbocycles. The largest absolute Gasteiger partial charge is 0.508 e. The molecule has 0 unspecified atom stereocenters. The quantitative estimate of drug-likeness (QED) is 0.732. The van der Waals surface area contributed by atoms with E-state index in [9.17, 15) is 15.3 Å². The number of phenolic OH excluding ortho intramolecular Hbond substituents is 2. The van der Waals surface area contributed by atoms with Gasteiger partial charge in [-0.3, -0.25) is 0 Å². The molecule has 25 heavy (non-hydrogen) atoms. The van der Waals surface area contributed by atoms with Crippen LogP contribution in [0.4, 0.5) is 0 Å². The van der Waals surface area contributed by atoms with E-state index in [1.807, 2.05) is 36.4 Å². The summed E-state index contributed by atoms with van der Waals surface area (Å²) in [5, 5.41) is 28.6. The van der Waals surface area contributed by atoms with Crippen LogP contribution in [-0.4, -0.2) is 21.9 Å². The van der Waals surface area contributed by atoms with Gasteiger partial charge in [-0.15, -0.1) is 0 Å². The maximum Gasteiger partial charge on any atom is 0.115 e. The Bertz CT molecular complexity index is 737. The Morgan fingerprint density at radius 2 is 1.24 bits per heavy atom. The fourth-order valence-electron chi connectivity index (χ4n) is 3.24. The molecule has 0 heterocycles. The lowest BCUT2D eigenvalue weighted by Gasteiger charge is -2.24. The molecule has 0 saturated heterocycles. The lowest BCUT2D eigenvalue weighted by molar-refractivity contribution is 0.288. The molecule has 0 saturated carbocycles. The van der Waals surface area contributed by atoms with Gasteiger partial charge in [0, 0.05) is 12.5 Å². The summed E-state index contributed by atoms with van der Waals surface area (Å²) in [5.41, 5.74) is 4.50. The number of rotatable bonds is 6. The summed E-state index contributed by atoms with van der Waals surface area (Å²) in [6.45, 7) is 0.141. The van der Waals surface area contributed by atoms with E-state index in [1.165, 1.54) is 5.57 Å². The lowest BCUT2D eigenvalue weighted by atomic mass is 9.80. The van der Waals surface area contributed by atoms with Crippen molar-refractivity contribution in [3.8, 4) is 11.5 Å². The zero-order valence-corrected chi connectivity index (χ0v) is 14.0. The summed E-state index contributed by atoms with van der Waals surface area (Å²) < 4.78 is 0. The number of benzene rings is 2. The van der Waals surface area contributed by atoms with Crippen LogP contribution in [0.3, 0.4) is 0 Å². The SMILES string of the molecule is OCCCC(=C1C=CC=C1)C(c1ccc(O)cc1)c1ccc(O)cc1. The highest BCUT2D eigenvalue weighted by atomic mass is 16.3. The van der Waals surface area contributed by atoms with Crippen molar-refractivity contribution in [1.82, 2.24) is 0 Å². The van der Waals surface area contributed by atoms with Gasteiger partial charge < -0.3 is 15.3 Å². The molecule has 0 atom stereocenters. The van der Waals surface area contributed by atoms with Crippen molar-refractivity contribution in [3.63, 3.8) is 0 Å². The third kappa shape index (κ3) is 4.01. The number of hydrogen-bond acceptors (Lipinski definition) is 3. The number of aromatic hydroxyl groups is 2. The van der Waals surface area contributed by atoms with E-state index in [0.717, 1.165) is 23.1 Å². The molecule has 1 aliphatic rings. The van der Waals surface area contributed by atoms with Gasteiger partial charge in [-0.1, -0.05) is 54.1 Å². The first-order chi connectivity index (χ1) is 12.2. The van der Waals surface area contributed by atoms with Crippen LogP contribution < -0.4 is 0 Å². The number of aliphatic hydroxyl groups is 1. The van der Waals surface area contributed by atoms with Crippen LogP contribution in [0.15, 0.2) is 84.0 Å². The highest BCUT2D eigenvalue weighted by Crippen LogP contribution is 2.38. The van der Waals surface area contributed by atoms with Gasteiger partial charge in [0.1, 0.15) is 11.5 Å². The summed E-state index contributed by atoms with van der Waals surface area (Å²) >= 11 is 0. The molecule has 0 aliphatic heterocycles. The van der Waals surface area contributed by atoms with Crippen LogP contribution in [-0.2, 0) is 0 Å². The van der Waals surface area contributed by atoms with Crippen LogP contribution in [0.5, 0.6) is 11.5 Å². The molecule has 0 aromatic heterocycles. The normalized spacial score (nSPS) is 13.0. The van der Waals surface area contributed by atoms with Crippen LogP contribution in [0.2, 0.25) is 0 Å². The average Bonchev–Trinajstić information content (AvgIpc) is 3.15. The van der Waals surface area contributed by atoms with Gasteiger partial charge in [0.05, 0.1) is 0 Å². The van der Waals surface area contributed by atoms with Crippen molar-refractivity contribution in [1.29, 1.82) is 0 Å². The molecule has 3 nitrogen and oxygen atoms in total. The minimum absolute atomic E-state index is 0.00449. The standard InChI is InChI=1S/C22H22O3/c23-15-3-6-21(16-4-1-2-5-16)22(17-7-11-19(24)12-8-17)18-9-13-20(25)14-10-18/h1-2,4-5,7-14,22-25H,3,6,15H2. The highest BCUT2D eigenvalue weighted by molar-refractivity contribution is 5.52. The second-order valence-corrected chi connectivity index (χ2v) is 6.14. The minimum Gasteiger partial charge on any atom is -0.508 e. The van der Waals surface area contributed by atoms with E-state index in [2.05, 4.69) is 12.2 Å². The van der Waals surface area contributed by atoms with Crippen molar-refractivity contribution >= 4 is 0 Å². The Morgan fingerprint density at radius 3 is 1.68 bits per heavy atom. The van der Waals surface area contributed by atoms with Gasteiger partial charge in [-0.05, 0) is 53.8 Å². The van der Waals surface area contributed by atoms with Crippen molar-refractivity contribution < 1.29 is 15.3 Å². The number of allylic oxidation sites excluding steroid dienone is 6. The monoisotopic (exact) mass is 334 g/mol. The van der Waals surface area contributed by atoms with Crippen LogP contribution in [0, 0.1) is 0 Å². The summed E-state index contributed by atoms with van der Waals surface area (Å²) in [7, 11) is 0. The average molecular weight is 334 g/mol. The van der Waals surface area contributed by atoms with Crippen molar-refractivity contribution in [2.75, 3.05) is 6.61 Å². The second kappa shape index (κ2) is 7.86. The van der Waals surface area contributed by atoms with Gasteiger partial charge in [0.15, 0.2) is 0 Å². The molecule has 0 spiro atoms. The summed E-state index contributed by atoms with van der Waals surface area (Å²) in [6, 6.07) is 14.5. The van der Waals surface area contributed by atoms with Crippen LogP contribution >= 0.6 is 0 Å². The number of hydrogen-bond donors (Lipinski definition) is 3. The molecule has 0 bridgehead atoms. The van der Waals surface area contributed by atoms with Crippen LogP contribution in [0.1, 0.15) is 29.9 Å². The smallest absolute Gasteiger partial charge is 0.115 e. The summed E-state index contributed by atoms with van der Waals surface area (Å²) in [6.07, 6.45) is 9.65. The number of phenols is 2. The molecule has 3 heteroatoms. The molecule has 2 aromatic rings. The van der Waals surface area contributed by atoms with Gasteiger partial charge in [-0.25, -0.2) is 0 Å². The first-order valence-corrected chi connectivity index (χ1v) is 8.45. The van der Waals surface area contributed by atoms with E-state index in [-0.39, 0.29) is 24.0 Å². The summed E-state index contributed by atoms with van der Waals surface area (Å²) in [5.74, 6) is 0.465. The van der Waals surface area contributed by atoms with E-state index in [1.54, 1.807) is 24.3 Å². The Kier molecular flexibility index (Phi) is 5.36. The zero-order valence-electron chi connectivity index (χ0n) is 14.0. The van der Waals surface area contributed by atoms with Crippen molar-refractivity contribution in [3.05, 3.63) is 95.1 Å². The fourth-order valence-corrected chi connectivity index (χ4v) is 3.24. The van der Waals surface area contributed by atoms with Crippen molar-refractivity contribution in [2.45, 2.75) is 18.8 Å². The van der Waals surface area contributed by atoms with Gasteiger partial charge >= 0.3 is 0 Å². The first-order valence-electron chi connectivity index (χ1n) is 8.45. The zero-order chi connectivity index (χ0) is 17.6. The Morgan fingerprint density at radius 1 is 0.760 bits per heavy atom. The maximum absolute atomic E-state index is 9.64. The van der Waals surface area contributed by atoms with E-state index < -0.39 is 0 Å². The number of aliphatic hydroxyl groups excluding tert-OH is 1. The second-order valence-electron chi connectivity index (χ2n) is 6.14. The Labute approximate surface area is 147 Å². The lowest BCUT2D eigenvalue weighted by Crippen LogP contribution is -2.08. The third-order valence-electron chi connectivity index (χ3n) is 4.44. The van der Waals surface area contributed by atoms with Gasteiger partial charge in [0.25, 0.3) is 0 Å². The molecule has 0 amide bonds. The molecule has 128 valence electrons.